The van der Waals surface area contributed by atoms with E-state index in [1.165, 1.54) is 0 Å². The van der Waals surface area contributed by atoms with E-state index in [9.17, 15) is 0 Å². The molecule has 0 bridgehead atoms. The summed E-state index contributed by atoms with van der Waals surface area (Å²) < 4.78 is 0. The Kier molecular flexibility index (Phi) is 9.72. The van der Waals surface area contributed by atoms with Gasteiger partial charge in [0.2, 0.25) is 0 Å². The summed E-state index contributed by atoms with van der Waals surface area (Å²) in [6.45, 7) is 12.0. The van der Waals surface area contributed by atoms with Crippen molar-refractivity contribution >= 4 is 26.6 Å². The summed E-state index contributed by atoms with van der Waals surface area (Å²) in [7, 11) is -2.72. The fourth-order valence-electron chi connectivity index (χ4n) is 0. The maximum atomic E-state index is 7.08. The monoisotopic (exact) mass is 185 g/mol. The Hall–Kier alpha value is 0.523. The number of hydrogen-bond donors (Lipinski definition) is 0. The summed E-state index contributed by atoms with van der Waals surface area (Å²) >= 11 is 0. The van der Waals surface area contributed by atoms with Crippen LogP contribution in [-0.2, 0) is 0 Å². The molecule has 0 aromatic rings. The Balaban J connectivity index is -0.000000107. The molecule has 0 saturated heterocycles. The second-order valence-corrected chi connectivity index (χ2v) is 13.5. The van der Waals surface area contributed by atoms with E-state index < -0.39 is 16.5 Å². The zero-order valence-electron chi connectivity index (χ0n) is 8.71. The van der Waals surface area contributed by atoms with Gasteiger partial charge in [-0.05, 0) is 0 Å². The molecule has 5 heteroatoms. The molecule has 2 nitrogen and oxygen atoms in total. The van der Waals surface area contributed by atoms with Crippen LogP contribution in [0.5, 0.6) is 0 Å². The summed E-state index contributed by atoms with van der Waals surface area (Å²) in [4.78, 5) is 0. The minimum absolute atomic E-state index is 0. The van der Waals surface area contributed by atoms with Crippen LogP contribution in [0.4, 0.5) is 0 Å². The molecule has 2 N–H and O–H groups in total. The van der Waals surface area contributed by atoms with Crippen molar-refractivity contribution in [3.63, 3.8) is 0 Å². The molecule has 0 unspecified atom stereocenters. The Morgan fingerprint density at radius 1 is 0.636 bits per heavy atom. The van der Waals surface area contributed by atoms with Gasteiger partial charge in [0.1, 0.15) is 0 Å². The molecule has 0 radical (unpaired) electrons. The molecule has 0 rings (SSSR count). The van der Waals surface area contributed by atoms with Crippen LogP contribution in [0.2, 0.25) is 39.3 Å². The second-order valence-electron chi connectivity index (χ2n) is 4.50. The van der Waals surface area contributed by atoms with Crippen LogP contribution in [0, 0.1) is 0 Å². The van der Waals surface area contributed by atoms with Gasteiger partial charge in [0.05, 0.1) is 0 Å². The minimum atomic E-state index is -1.36. The van der Waals surface area contributed by atoms with Gasteiger partial charge < -0.3 is 10.8 Å². The van der Waals surface area contributed by atoms with E-state index in [2.05, 4.69) is 0 Å². The van der Waals surface area contributed by atoms with E-state index in [0.717, 1.165) is 0 Å². The first-order chi connectivity index (χ1) is 4.00. The van der Waals surface area contributed by atoms with E-state index in [4.69, 9.17) is 10.8 Å². The molecule has 0 aliphatic rings. The maximum Gasteiger partial charge on any atom is 2.00 e. The van der Waals surface area contributed by atoms with E-state index >= 15 is 0 Å². The summed E-state index contributed by atoms with van der Waals surface area (Å²) in [5.41, 5.74) is 0. The van der Waals surface area contributed by atoms with Crippen molar-refractivity contribution in [2.45, 2.75) is 39.3 Å². The zero-order valence-corrected chi connectivity index (χ0v) is 10.7. The fourth-order valence-corrected chi connectivity index (χ4v) is 0. The van der Waals surface area contributed by atoms with Crippen LogP contribution in [0.15, 0.2) is 0 Å². The molecular weight excluding hydrogens is 165 g/mol. The van der Waals surface area contributed by atoms with Gasteiger partial charge >= 0.3 is 10.1 Å². The first-order valence-corrected chi connectivity index (χ1v) is 10.5. The van der Waals surface area contributed by atoms with Crippen molar-refractivity contribution in [2.24, 2.45) is 0 Å². The third-order valence-corrected chi connectivity index (χ3v) is 0. The van der Waals surface area contributed by atoms with Crippen molar-refractivity contribution < 1.29 is 0 Å². The molecule has 11 heavy (non-hydrogen) atoms. The molecule has 0 aromatic heterocycles. The molecule has 0 atom stereocenters. The average molecular weight is 185 g/mol. The van der Waals surface area contributed by atoms with Gasteiger partial charge in [-0.3, -0.25) is 0 Å². The SMILES string of the molecule is C[Si](C)(C)[NH-].C[Si](C)(C)[NH-].[Be+2]. The molecular formula is C6H20BeN2Si2. The van der Waals surface area contributed by atoms with E-state index in [0.29, 0.717) is 0 Å². The second kappa shape index (κ2) is 6.08. The molecule has 0 spiro atoms. The summed E-state index contributed by atoms with van der Waals surface area (Å²) in [6, 6.07) is 0. The Bertz CT molecular complexity index is 61.6. The first kappa shape index (κ1) is 17.6. The van der Waals surface area contributed by atoms with Crippen molar-refractivity contribution in [3.05, 3.63) is 10.8 Å². The topological polar surface area (TPSA) is 47.6 Å². The van der Waals surface area contributed by atoms with Crippen LogP contribution < -0.4 is 0 Å². The molecule has 0 fully saturated rings. The van der Waals surface area contributed by atoms with Gasteiger partial charge in [0.15, 0.2) is 0 Å². The average Bonchev–Trinajstić information content (AvgIpc) is 1.12. The molecule has 0 aromatic carbocycles. The van der Waals surface area contributed by atoms with Gasteiger partial charge in [-0.25, -0.2) is 0 Å². The predicted octanol–water partition coefficient (Wildman–Crippen LogP) is 3.37. The maximum absolute atomic E-state index is 7.08. The van der Waals surface area contributed by atoms with Gasteiger partial charge in [-0.15, -0.1) is 0 Å². The number of hydrogen-bond acceptors (Lipinski definition) is 0. The predicted molar refractivity (Wildman–Crippen MR) is 61.1 cm³/mol. The Morgan fingerprint density at radius 2 is 0.636 bits per heavy atom. The standard InChI is InChI=1S/2C3H10NSi.Be/c2*1-5(2,3)4;/h2*4H,1-3H3;/q2*-1;+2. The smallest absolute Gasteiger partial charge is 0.680 e. The van der Waals surface area contributed by atoms with E-state index in [1.807, 2.05) is 39.3 Å². The number of nitrogens with one attached hydrogen (secondary N) is 2. The van der Waals surface area contributed by atoms with Crippen LogP contribution in [0.3, 0.4) is 0 Å². The van der Waals surface area contributed by atoms with Crippen molar-refractivity contribution in [3.8, 4) is 0 Å². The fraction of sp³-hybridized carbons (Fsp3) is 1.00. The molecule has 64 valence electrons. The Morgan fingerprint density at radius 3 is 0.636 bits per heavy atom. The van der Waals surface area contributed by atoms with Gasteiger partial charge in [0.25, 0.3) is 0 Å². The normalized spacial score (nSPS) is 10.9. The van der Waals surface area contributed by atoms with Crippen molar-refractivity contribution in [1.29, 1.82) is 0 Å². The van der Waals surface area contributed by atoms with Crippen LogP contribution >= 0.6 is 0 Å². The quantitative estimate of drug-likeness (QED) is 0.520. The number of rotatable bonds is 0. The van der Waals surface area contributed by atoms with E-state index in [1.54, 1.807) is 0 Å². The third kappa shape index (κ3) is 2800. The Labute approximate surface area is 77.1 Å². The van der Waals surface area contributed by atoms with Crippen LogP contribution in [-0.4, -0.2) is 26.6 Å². The van der Waals surface area contributed by atoms with Crippen molar-refractivity contribution in [1.82, 2.24) is 0 Å². The first-order valence-electron chi connectivity index (χ1n) is 3.50. The molecule has 0 saturated carbocycles. The summed E-state index contributed by atoms with van der Waals surface area (Å²) in [5.74, 6) is 0. The zero-order chi connectivity index (χ0) is 9.00. The molecule has 0 heterocycles. The van der Waals surface area contributed by atoms with Gasteiger partial charge in [-0.2, -0.15) is 0 Å². The third-order valence-electron chi connectivity index (χ3n) is 0. The summed E-state index contributed by atoms with van der Waals surface area (Å²) in [6.07, 6.45) is 0. The van der Waals surface area contributed by atoms with Gasteiger partial charge in [-0.1, -0.05) is 55.8 Å². The molecule has 0 aliphatic carbocycles. The van der Waals surface area contributed by atoms with Crippen LogP contribution in [0.1, 0.15) is 0 Å². The minimum Gasteiger partial charge on any atom is -0.680 e. The summed E-state index contributed by atoms with van der Waals surface area (Å²) in [5, 5.41) is 14.2. The van der Waals surface area contributed by atoms with E-state index in [-0.39, 0.29) is 10.1 Å². The molecule has 0 amide bonds. The largest absolute Gasteiger partial charge is 2.00 e. The molecule has 0 aliphatic heterocycles. The van der Waals surface area contributed by atoms with Crippen LogP contribution in [0.25, 0.3) is 10.8 Å². The van der Waals surface area contributed by atoms with Crippen molar-refractivity contribution in [2.75, 3.05) is 0 Å². The van der Waals surface area contributed by atoms with Gasteiger partial charge in [0, 0.05) is 0 Å².